The summed E-state index contributed by atoms with van der Waals surface area (Å²) in [5, 5.41) is 4.42. The van der Waals surface area contributed by atoms with E-state index in [1.807, 2.05) is 72.8 Å². The highest BCUT2D eigenvalue weighted by Crippen LogP contribution is 2.21. The van der Waals surface area contributed by atoms with E-state index in [4.69, 9.17) is 4.74 Å². The maximum absolute atomic E-state index is 12.5. The van der Waals surface area contributed by atoms with Gasteiger partial charge >= 0.3 is 5.97 Å². The fraction of sp³-hybridized carbons (Fsp3) is 0.130. The summed E-state index contributed by atoms with van der Waals surface area (Å²) in [4.78, 5) is 21.0. The molecule has 0 aliphatic rings. The number of esters is 1. The average molecular weight is 384 g/mol. The van der Waals surface area contributed by atoms with Crippen LogP contribution in [0.5, 0.6) is 0 Å². The van der Waals surface area contributed by atoms with Crippen LogP contribution in [0.3, 0.4) is 0 Å². The van der Waals surface area contributed by atoms with E-state index in [9.17, 15) is 4.79 Å². The second-order valence-corrected chi connectivity index (χ2v) is 6.47. The van der Waals surface area contributed by atoms with Gasteiger partial charge in [-0.2, -0.15) is 0 Å². The first-order valence-corrected chi connectivity index (χ1v) is 9.45. The Kier molecular flexibility index (Phi) is 5.71. The number of nitrogens with zero attached hydrogens (tertiary/aromatic N) is 4. The Morgan fingerprint density at radius 1 is 0.897 bits per heavy atom. The molecule has 6 nitrogen and oxygen atoms in total. The summed E-state index contributed by atoms with van der Waals surface area (Å²) < 4.78 is 7.07. The van der Waals surface area contributed by atoms with Crippen molar-refractivity contribution in [3.8, 4) is 17.1 Å². The molecule has 0 N–H and O–H groups in total. The smallest absolute Gasteiger partial charge is 0.378 e. The Hall–Kier alpha value is -3.80. The Morgan fingerprint density at radius 3 is 2.31 bits per heavy atom. The molecule has 6 heteroatoms. The van der Waals surface area contributed by atoms with Crippen LogP contribution in [0.4, 0.5) is 0 Å². The fourth-order valence-electron chi connectivity index (χ4n) is 2.98. The standard InChI is InChI=1S/C23H20N4O2/c28-23(29-17-7-8-18-13-15-24-16-14-18)21-25-22(19-9-3-1-4-10-19)27(26-21)20-11-5-2-6-12-20/h1-6,9-16H,7-8,17H2. The molecule has 0 aliphatic heterocycles. The predicted octanol–water partition coefficient (Wildman–Crippen LogP) is 4.12. The largest absolute Gasteiger partial charge is 0.460 e. The second kappa shape index (κ2) is 8.93. The van der Waals surface area contributed by atoms with E-state index >= 15 is 0 Å². The maximum Gasteiger partial charge on any atom is 0.378 e. The topological polar surface area (TPSA) is 69.9 Å². The molecule has 144 valence electrons. The van der Waals surface area contributed by atoms with Crippen molar-refractivity contribution in [2.75, 3.05) is 6.61 Å². The third-order valence-corrected chi connectivity index (χ3v) is 4.41. The highest BCUT2D eigenvalue weighted by atomic mass is 16.5. The number of carbonyl (C=O) groups excluding carboxylic acids is 1. The molecule has 4 rings (SSSR count). The van der Waals surface area contributed by atoms with Crippen molar-refractivity contribution >= 4 is 5.97 Å². The summed E-state index contributed by atoms with van der Waals surface area (Å²) in [6, 6.07) is 23.2. The normalized spacial score (nSPS) is 10.6. The van der Waals surface area contributed by atoms with E-state index in [1.54, 1.807) is 17.1 Å². The monoisotopic (exact) mass is 384 g/mol. The Balaban J connectivity index is 1.50. The van der Waals surface area contributed by atoms with E-state index in [-0.39, 0.29) is 5.82 Å². The van der Waals surface area contributed by atoms with Gasteiger partial charge in [-0.1, -0.05) is 48.5 Å². The van der Waals surface area contributed by atoms with Gasteiger partial charge in [0.05, 0.1) is 12.3 Å². The molecule has 0 saturated carbocycles. The molecular weight excluding hydrogens is 364 g/mol. The van der Waals surface area contributed by atoms with Gasteiger partial charge in [0.25, 0.3) is 5.82 Å². The molecular formula is C23H20N4O2. The van der Waals surface area contributed by atoms with Crippen LogP contribution in [-0.4, -0.2) is 32.3 Å². The van der Waals surface area contributed by atoms with Crippen molar-refractivity contribution in [3.63, 3.8) is 0 Å². The molecule has 29 heavy (non-hydrogen) atoms. The predicted molar refractivity (Wildman–Crippen MR) is 110 cm³/mol. The van der Waals surface area contributed by atoms with Crippen LogP contribution >= 0.6 is 0 Å². The SMILES string of the molecule is O=C(OCCCc1ccncc1)c1nc(-c2ccccc2)n(-c2ccccc2)n1. The van der Waals surface area contributed by atoms with Crippen LogP contribution in [0, 0.1) is 0 Å². The van der Waals surface area contributed by atoms with Crippen LogP contribution in [-0.2, 0) is 11.2 Å². The third kappa shape index (κ3) is 4.55. The Morgan fingerprint density at radius 2 is 1.59 bits per heavy atom. The second-order valence-electron chi connectivity index (χ2n) is 6.47. The minimum atomic E-state index is -0.522. The quantitative estimate of drug-likeness (QED) is 0.354. The van der Waals surface area contributed by atoms with Gasteiger partial charge in [-0.05, 0) is 42.7 Å². The van der Waals surface area contributed by atoms with E-state index in [1.165, 1.54) is 0 Å². The lowest BCUT2D eigenvalue weighted by molar-refractivity contribution is 0.0486. The molecule has 0 spiro atoms. The fourth-order valence-corrected chi connectivity index (χ4v) is 2.98. The molecule has 2 aromatic heterocycles. The highest BCUT2D eigenvalue weighted by Gasteiger charge is 2.19. The Labute approximate surface area is 168 Å². The van der Waals surface area contributed by atoms with E-state index in [0.29, 0.717) is 12.4 Å². The average Bonchev–Trinajstić information content (AvgIpc) is 3.24. The number of carbonyl (C=O) groups is 1. The van der Waals surface area contributed by atoms with Gasteiger partial charge in [0.2, 0.25) is 0 Å². The zero-order valence-electron chi connectivity index (χ0n) is 15.8. The number of aromatic nitrogens is 4. The summed E-state index contributed by atoms with van der Waals surface area (Å²) in [5.41, 5.74) is 2.87. The van der Waals surface area contributed by atoms with Gasteiger partial charge in [0, 0.05) is 18.0 Å². The van der Waals surface area contributed by atoms with Crippen LogP contribution in [0.25, 0.3) is 17.1 Å². The zero-order valence-corrected chi connectivity index (χ0v) is 15.8. The lowest BCUT2D eigenvalue weighted by Gasteiger charge is -2.05. The van der Waals surface area contributed by atoms with E-state index < -0.39 is 5.97 Å². The molecule has 0 aliphatic carbocycles. The lowest BCUT2D eigenvalue weighted by Crippen LogP contribution is -2.10. The van der Waals surface area contributed by atoms with Crippen LogP contribution in [0.2, 0.25) is 0 Å². The van der Waals surface area contributed by atoms with Crippen LogP contribution in [0.1, 0.15) is 22.6 Å². The van der Waals surface area contributed by atoms with Crippen molar-refractivity contribution in [1.82, 2.24) is 19.7 Å². The first-order valence-electron chi connectivity index (χ1n) is 9.45. The molecule has 0 unspecified atom stereocenters. The minimum absolute atomic E-state index is 0.0524. The van der Waals surface area contributed by atoms with Gasteiger partial charge in [-0.3, -0.25) is 4.98 Å². The third-order valence-electron chi connectivity index (χ3n) is 4.41. The molecule has 4 aromatic rings. The van der Waals surface area contributed by atoms with Crippen molar-refractivity contribution in [1.29, 1.82) is 0 Å². The number of pyridine rings is 1. The lowest BCUT2D eigenvalue weighted by atomic mass is 10.1. The van der Waals surface area contributed by atoms with E-state index in [2.05, 4.69) is 15.1 Å². The highest BCUT2D eigenvalue weighted by molar-refractivity contribution is 5.86. The van der Waals surface area contributed by atoms with Crippen molar-refractivity contribution in [2.24, 2.45) is 0 Å². The summed E-state index contributed by atoms with van der Waals surface area (Å²) in [6.07, 6.45) is 5.05. The molecule has 0 amide bonds. The molecule has 0 radical (unpaired) electrons. The molecule has 2 aromatic carbocycles. The Bertz CT molecular complexity index is 1010. The molecule has 0 atom stereocenters. The first-order chi connectivity index (χ1) is 14.3. The number of para-hydroxylation sites is 1. The first kappa shape index (κ1) is 18.6. The number of benzene rings is 2. The molecule has 2 heterocycles. The van der Waals surface area contributed by atoms with Gasteiger partial charge in [-0.25, -0.2) is 14.5 Å². The van der Waals surface area contributed by atoms with Crippen LogP contribution < -0.4 is 0 Å². The van der Waals surface area contributed by atoms with Gasteiger partial charge in [0.1, 0.15) is 0 Å². The summed E-state index contributed by atoms with van der Waals surface area (Å²) >= 11 is 0. The van der Waals surface area contributed by atoms with Crippen molar-refractivity contribution in [3.05, 3.63) is 96.6 Å². The summed E-state index contributed by atoms with van der Waals surface area (Å²) in [7, 11) is 0. The zero-order chi connectivity index (χ0) is 19.9. The number of hydrogen-bond donors (Lipinski definition) is 0. The number of aryl methyl sites for hydroxylation is 1. The summed E-state index contributed by atoms with van der Waals surface area (Å²) in [6.45, 7) is 0.307. The summed E-state index contributed by atoms with van der Waals surface area (Å²) in [5.74, 6) is 0.128. The number of hydrogen-bond acceptors (Lipinski definition) is 5. The molecule has 0 saturated heterocycles. The van der Waals surface area contributed by atoms with Gasteiger partial charge < -0.3 is 4.74 Å². The number of rotatable bonds is 7. The minimum Gasteiger partial charge on any atom is -0.460 e. The molecule has 0 fully saturated rings. The van der Waals surface area contributed by atoms with Crippen molar-refractivity contribution in [2.45, 2.75) is 12.8 Å². The van der Waals surface area contributed by atoms with E-state index in [0.717, 1.165) is 29.7 Å². The van der Waals surface area contributed by atoms with Crippen LogP contribution in [0.15, 0.2) is 85.2 Å². The van der Waals surface area contributed by atoms with Gasteiger partial charge in [-0.15, -0.1) is 5.10 Å². The van der Waals surface area contributed by atoms with Crippen molar-refractivity contribution < 1.29 is 9.53 Å². The van der Waals surface area contributed by atoms with Gasteiger partial charge in [0.15, 0.2) is 5.82 Å². The molecule has 0 bridgehead atoms. The number of ether oxygens (including phenoxy) is 1. The maximum atomic E-state index is 12.5.